The zero-order valence-corrected chi connectivity index (χ0v) is 25.6. The number of aromatic nitrogens is 1. The van der Waals surface area contributed by atoms with Gasteiger partial charge >= 0.3 is 0 Å². The van der Waals surface area contributed by atoms with Gasteiger partial charge in [-0.2, -0.15) is 0 Å². The SMILES string of the molecule is CCCCC(Oc1c(C)c(Cl)cc(C(=O)NCc2c(C)cc(C)[nH]c2=O)c1C)C1CCC(NC2CC(F)(F)C2)CC1. The van der Waals surface area contributed by atoms with Crippen molar-refractivity contribution in [1.82, 2.24) is 15.6 Å². The van der Waals surface area contributed by atoms with Crippen molar-refractivity contribution in [1.29, 1.82) is 0 Å². The number of benzene rings is 1. The molecule has 2 aromatic rings. The average Bonchev–Trinajstić information content (AvgIpc) is 2.89. The fourth-order valence-electron chi connectivity index (χ4n) is 6.35. The second-order valence-corrected chi connectivity index (χ2v) is 12.6. The number of rotatable bonds is 11. The van der Waals surface area contributed by atoms with Crippen LogP contribution in [0.2, 0.25) is 5.02 Å². The number of nitrogens with one attached hydrogen (secondary N) is 3. The molecule has 0 bridgehead atoms. The highest BCUT2D eigenvalue weighted by atomic mass is 35.5. The Morgan fingerprint density at radius 2 is 1.78 bits per heavy atom. The van der Waals surface area contributed by atoms with Crippen molar-refractivity contribution in [2.24, 2.45) is 5.92 Å². The van der Waals surface area contributed by atoms with Gasteiger partial charge in [0.1, 0.15) is 11.9 Å². The minimum Gasteiger partial charge on any atom is -0.490 e. The van der Waals surface area contributed by atoms with E-state index in [0.29, 0.717) is 27.8 Å². The maximum atomic E-state index is 13.3. The number of carbonyl (C=O) groups is 1. The normalized spacial score (nSPS) is 21.3. The largest absolute Gasteiger partial charge is 0.490 e. The van der Waals surface area contributed by atoms with Crippen LogP contribution >= 0.6 is 11.6 Å². The lowest BCUT2D eigenvalue weighted by atomic mass is 9.79. The number of hydrogen-bond donors (Lipinski definition) is 3. The Kier molecular flexibility index (Phi) is 10.2. The molecule has 1 aromatic carbocycles. The molecule has 41 heavy (non-hydrogen) atoms. The van der Waals surface area contributed by atoms with Gasteiger partial charge in [-0.05, 0) is 83.4 Å². The van der Waals surface area contributed by atoms with Crippen molar-refractivity contribution in [3.63, 3.8) is 0 Å². The zero-order valence-electron chi connectivity index (χ0n) is 24.9. The van der Waals surface area contributed by atoms with Crippen molar-refractivity contribution in [3.8, 4) is 5.75 Å². The summed E-state index contributed by atoms with van der Waals surface area (Å²) in [7, 11) is 0. The smallest absolute Gasteiger partial charge is 0.253 e. The molecule has 3 N–H and O–H groups in total. The summed E-state index contributed by atoms with van der Waals surface area (Å²) >= 11 is 6.62. The van der Waals surface area contributed by atoms with E-state index in [1.165, 1.54) is 0 Å². The van der Waals surface area contributed by atoms with E-state index in [0.717, 1.165) is 67.3 Å². The summed E-state index contributed by atoms with van der Waals surface area (Å²) in [6, 6.07) is 3.75. The van der Waals surface area contributed by atoms with Gasteiger partial charge in [0.05, 0.1) is 0 Å². The van der Waals surface area contributed by atoms with E-state index in [2.05, 4.69) is 22.5 Å². The molecule has 0 spiro atoms. The molecule has 1 amide bonds. The van der Waals surface area contributed by atoms with Crippen LogP contribution in [0.5, 0.6) is 5.75 Å². The van der Waals surface area contributed by atoms with Crippen molar-refractivity contribution < 1.29 is 18.3 Å². The number of alkyl halides is 2. The first-order valence-corrected chi connectivity index (χ1v) is 15.3. The van der Waals surface area contributed by atoms with Gasteiger partial charge in [-0.25, -0.2) is 8.78 Å². The Morgan fingerprint density at radius 1 is 1.10 bits per heavy atom. The van der Waals surface area contributed by atoms with Crippen molar-refractivity contribution in [2.75, 3.05) is 0 Å². The molecule has 0 radical (unpaired) electrons. The Labute approximate surface area is 247 Å². The lowest BCUT2D eigenvalue weighted by Gasteiger charge is -2.41. The molecular formula is C32H44ClF2N3O3. The fraction of sp³-hybridized carbons (Fsp3) is 0.625. The topological polar surface area (TPSA) is 83.2 Å². The first-order chi connectivity index (χ1) is 19.4. The van der Waals surface area contributed by atoms with E-state index in [4.69, 9.17) is 16.3 Å². The molecule has 1 unspecified atom stereocenters. The zero-order chi connectivity index (χ0) is 29.9. The molecule has 1 heterocycles. The quantitative estimate of drug-likeness (QED) is 0.261. The second kappa shape index (κ2) is 13.2. The lowest BCUT2D eigenvalue weighted by molar-refractivity contribution is -0.0958. The number of H-pyrrole nitrogens is 1. The molecule has 1 aromatic heterocycles. The molecule has 2 aliphatic carbocycles. The number of pyridine rings is 1. The first kappa shape index (κ1) is 31.5. The third kappa shape index (κ3) is 7.69. The van der Waals surface area contributed by atoms with Crippen LogP contribution in [0.3, 0.4) is 0 Å². The van der Waals surface area contributed by atoms with Gasteiger partial charge in [0, 0.05) is 64.4 Å². The van der Waals surface area contributed by atoms with Crippen LogP contribution in [0, 0.1) is 33.6 Å². The number of hydrogen-bond acceptors (Lipinski definition) is 4. The summed E-state index contributed by atoms with van der Waals surface area (Å²) in [5.41, 5.74) is 3.86. The third-order valence-electron chi connectivity index (χ3n) is 8.85. The van der Waals surface area contributed by atoms with Gasteiger partial charge in [-0.3, -0.25) is 9.59 Å². The Bertz CT molecular complexity index is 1300. The van der Waals surface area contributed by atoms with E-state index >= 15 is 0 Å². The number of amides is 1. The highest BCUT2D eigenvalue weighted by Crippen LogP contribution is 2.40. The molecule has 226 valence electrons. The van der Waals surface area contributed by atoms with E-state index in [-0.39, 0.29) is 49.0 Å². The van der Waals surface area contributed by atoms with Crippen LogP contribution in [0.1, 0.15) is 103 Å². The van der Waals surface area contributed by atoms with Crippen LogP contribution in [0.25, 0.3) is 0 Å². The number of aromatic amines is 1. The molecule has 2 fully saturated rings. The summed E-state index contributed by atoms with van der Waals surface area (Å²) in [6.07, 6.45) is 6.65. The lowest BCUT2D eigenvalue weighted by Crippen LogP contribution is -2.52. The van der Waals surface area contributed by atoms with Crippen molar-refractivity contribution in [2.45, 2.75) is 123 Å². The van der Waals surface area contributed by atoms with Crippen LogP contribution in [0.4, 0.5) is 8.78 Å². The molecule has 2 aliphatic rings. The van der Waals surface area contributed by atoms with Gasteiger partial charge in [0.15, 0.2) is 0 Å². The molecule has 4 rings (SSSR count). The number of carbonyl (C=O) groups excluding carboxylic acids is 1. The minimum atomic E-state index is -2.51. The third-order valence-corrected chi connectivity index (χ3v) is 9.24. The fourth-order valence-corrected chi connectivity index (χ4v) is 6.55. The summed E-state index contributed by atoms with van der Waals surface area (Å²) in [6.45, 7) is 9.74. The molecule has 0 aliphatic heterocycles. The highest BCUT2D eigenvalue weighted by Gasteiger charge is 2.46. The molecule has 9 heteroatoms. The van der Waals surface area contributed by atoms with Crippen LogP contribution in [-0.4, -0.2) is 35.0 Å². The van der Waals surface area contributed by atoms with Gasteiger partial charge < -0.3 is 20.4 Å². The second-order valence-electron chi connectivity index (χ2n) is 12.1. The minimum absolute atomic E-state index is 0.0236. The molecule has 1 atom stereocenters. The van der Waals surface area contributed by atoms with Gasteiger partial charge in [-0.15, -0.1) is 0 Å². The Hall–Kier alpha value is -2.45. The Morgan fingerprint density at radius 3 is 2.39 bits per heavy atom. The van der Waals surface area contributed by atoms with E-state index in [1.54, 1.807) is 6.07 Å². The predicted octanol–water partition coefficient (Wildman–Crippen LogP) is 7.08. The summed E-state index contributed by atoms with van der Waals surface area (Å²) < 4.78 is 33.3. The van der Waals surface area contributed by atoms with Gasteiger partial charge in [0.25, 0.3) is 17.4 Å². The molecule has 2 saturated carbocycles. The average molecular weight is 592 g/mol. The monoisotopic (exact) mass is 591 g/mol. The summed E-state index contributed by atoms with van der Waals surface area (Å²) in [5, 5.41) is 6.79. The summed E-state index contributed by atoms with van der Waals surface area (Å²) in [4.78, 5) is 28.5. The number of ether oxygens (including phenoxy) is 1. The first-order valence-electron chi connectivity index (χ1n) is 15.0. The molecule has 6 nitrogen and oxygen atoms in total. The maximum Gasteiger partial charge on any atom is 0.253 e. The van der Waals surface area contributed by atoms with Crippen molar-refractivity contribution in [3.05, 3.63) is 61.0 Å². The predicted molar refractivity (Wildman–Crippen MR) is 159 cm³/mol. The van der Waals surface area contributed by atoms with Crippen LogP contribution < -0.4 is 20.9 Å². The van der Waals surface area contributed by atoms with E-state index in [1.807, 2.05) is 33.8 Å². The Balaban J connectivity index is 1.46. The highest BCUT2D eigenvalue weighted by molar-refractivity contribution is 6.32. The number of aryl methyl sites for hydroxylation is 2. The maximum absolute atomic E-state index is 13.3. The number of unbranched alkanes of at least 4 members (excludes halogenated alkanes) is 1. The van der Waals surface area contributed by atoms with Gasteiger partial charge in [-0.1, -0.05) is 31.4 Å². The van der Waals surface area contributed by atoms with E-state index in [9.17, 15) is 18.4 Å². The van der Waals surface area contributed by atoms with Crippen LogP contribution in [0.15, 0.2) is 16.9 Å². The summed E-state index contributed by atoms with van der Waals surface area (Å²) in [5.74, 6) is -1.83. The standard InChI is InChI=1S/C32H44ClF2N3O3/c1-6-7-8-28(22-9-11-23(12-10-22)38-24-15-32(34,35)16-24)41-29-20(4)25(14-27(33)21(29)5)30(39)36-17-26-18(2)13-19(3)37-31(26)40/h13-14,22-24,28,38H,6-12,15-17H2,1-5H3,(H,36,39)(H,37,40). The van der Waals surface area contributed by atoms with Gasteiger partial charge in [0.2, 0.25) is 0 Å². The van der Waals surface area contributed by atoms with E-state index < -0.39 is 5.92 Å². The molecular weight excluding hydrogens is 548 g/mol. The van der Waals surface area contributed by atoms with Crippen molar-refractivity contribution >= 4 is 17.5 Å². The number of halogens is 3. The molecule has 0 saturated heterocycles. The van der Waals surface area contributed by atoms with Crippen LogP contribution in [-0.2, 0) is 6.54 Å².